The van der Waals surface area contributed by atoms with E-state index in [4.69, 9.17) is 4.74 Å². The van der Waals surface area contributed by atoms with Crippen LogP contribution in [0.15, 0.2) is 0 Å². The number of ether oxygens (including phenoxy) is 1. The molecule has 0 aromatic carbocycles. The molecule has 0 bridgehead atoms. The lowest BCUT2D eigenvalue weighted by molar-refractivity contribution is -0.174. The zero-order chi connectivity index (χ0) is 12.5. The minimum Gasteiger partial charge on any atom is -0.361 e. The molecular formula is C12H20N2O3. The molecule has 1 unspecified atom stereocenters. The van der Waals surface area contributed by atoms with Crippen molar-refractivity contribution in [3.05, 3.63) is 0 Å². The second kappa shape index (κ2) is 4.74. The highest BCUT2D eigenvalue weighted by Crippen LogP contribution is 2.31. The molecule has 0 radical (unpaired) electrons. The number of rotatable bonds is 1. The van der Waals surface area contributed by atoms with Crippen molar-refractivity contribution >= 4 is 12.2 Å². The van der Waals surface area contributed by atoms with Gasteiger partial charge in [-0.2, -0.15) is 0 Å². The molecule has 5 nitrogen and oxygen atoms in total. The second-order valence-corrected chi connectivity index (χ2v) is 5.18. The van der Waals surface area contributed by atoms with Crippen LogP contribution in [0.25, 0.3) is 0 Å². The first-order valence-corrected chi connectivity index (χ1v) is 6.12. The summed E-state index contributed by atoms with van der Waals surface area (Å²) in [5.41, 5.74) is -0.232. The molecule has 2 aliphatic heterocycles. The molecule has 1 amide bonds. The monoisotopic (exact) mass is 240 g/mol. The van der Waals surface area contributed by atoms with E-state index < -0.39 is 0 Å². The highest BCUT2D eigenvalue weighted by Gasteiger charge is 2.42. The van der Waals surface area contributed by atoms with E-state index in [1.54, 1.807) is 6.92 Å². The molecule has 1 atom stereocenters. The zero-order valence-electron chi connectivity index (χ0n) is 10.5. The summed E-state index contributed by atoms with van der Waals surface area (Å²) in [5.74, 6) is 0.121. The van der Waals surface area contributed by atoms with Gasteiger partial charge < -0.3 is 19.3 Å². The molecule has 96 valence electrons. The van der Waals surface area contributed by atoms with Gasteiger partial charge in [-0.25, -0.2) is 0 Å². The molecule has 2 rings (SSSR count). The summed E-state index contributed by atoms with van der Waals surface area (Å²) in [6.45, 7) is 4.58. The number of hydrogen-bond acceptors (Lipinski definition) is 4. The Kier molecular flexibility index (Phi) is 3.49. The Bertz CT molecular complexity index is 311. The van der Waals surface area contributed by atoms with Gasteiger partial charge in [-0.15, -0.1) is 0 Å². The number of likely N-dealkylation sites (N-methyl/N-ethyl adjacent to an activating group) is 1. The average Bonchev–Trinajstić information content (AvgIpc) is 2.28. The SMILES string of the molecule is CC(=O)N1CCC2(CC1)CN(C)CC(C=O)O2. The van der Waals surface area contributed by atoms with E-state index in [9.17, 15) is 9.59 Å². The maximum atomic E-state index is 11.3. The Morgan fingerprint density at radius 3 is 2.59 bits per heavy atom. The van der Waals surface area contributed by atoms with Crippen LogP contribution in [0.3, 0.4) is 0 Å². The summed E-state index contributed by atoms with van der Waals surface area (Å²) in [7, 11) is 2.01. The summed E-state index contributed by atoms with van der Waals surface area (Å²) < 4.78 is 5.91. The Morgan fingerprint density at radius 1 is 1.41 bits per heavy atom. The number of morpholine rings is 1. The number of aldehydes is 1. The lowest BCUT2D eigenvalue weighted by Crippen LogP contribution is -2.59. The van der Waals surface area contributed by atoms with Crippen molar-refractivity contribution in [2.45, 2.75) is 31.5 Å². The van der Waals surface area contributed by atoms with Crippen molar-refractivity contribution in [3.8, 4) is 0 Å². The Labute approximate surface area is 102 Å². The Balaban J connectivity index is 2.01. The summed E-state index contributed by atoms with van der Waals surface area (Å²) >= 11 is 0. The highest BCUT2D eigenvalue weighted by atomic mass is 16.5. The van der Waals surface area contributed by atoms with Gasteiger partial charge in [-0.3, -0.25) is 4.79 Å². The van der Waals surface area contributed by atoms with Gasteiger partial charge in [-0.05, 0) is 19.9 Å². The fraction of sp³-hybridized carbons (Fsp3) is 0.833. The van der Waals surface area contributed by atoms with Crippen molar-refractivity contribution in [1.29, 1.82) is 0 Å². The predicted octanol–water partition coefficient (Wildman–Crippen LogP) is -0.103. The van der Waals surface area contributed by atoms with Crippen molar-refractivity contribution in [2.75, 3.05) is 33.2 Å². The third-order valence-electron chi connectivity index (χ3n) is 3.72. The number of hydrogen-bond donors (Lipinski definition) is 0. The molecule has 5 heteroatoms. The third kappa shape index (κ3) is 2.66. The van der Waals surface area contributed by atoms with Crippen LogP contribution in [0, 0.1) is 0 Å². The fourth-order valence-electron chi connectivity index (χ4n) is 2.84. The average molecular weight is 240 g/mol. The van der Waals surface area contributed by atoms with E-state index in [2.05, 4.69) is 4.90 Å². The van der Waals surface area contributed by atoms with Crippen LogP contribution in [0.5, 0.6) is 0 Å². The largest absolute Gasteiger partial charge is 0.361 e. The number of carbonyl (C=O) groups excluding carboxylic acids is 2. The van der Waals surface area contributed by atoms with Crippen LogP contribution in [-0.4, -0.2) is 66.9 Å². The van der Waals surface area contributed by atoms with Gasteiger partial charge in [0, 0.05) is 33.1 Å². The molecule has 1 spiro atoms. The molecule has 0 saturated carbocycles. The third-order valence-corrected chi connectivity index (χ3v) is 3.72. The Hall–Kier alpha value is -0.940. The summed E-state index contributed by atoms with van der Waals surface area (Å²) in [5, 5.41) is 0. The van der Waals surface area contributed by atoms with E-state index in [0.29, 0.717) is 6.54 Å². The quantitative estimate of drug-likeness (QED) is 0.600. The van der Waals surface area contributed by atoms with Gasteiger partial charge in [0.2, 0.25) is 5.91 Å². The van der Waals surface area contributed by atoms with E-state index in [1.807, 2.05) is 11.9 Å². The van der Waals surface area contributed by atoms with Gasteiger partial charge in [0.05, 0.1) is 5.60 Å². The minimum absolute atomic E-state index is 0.121. The molecule has 0 aromatic heterocycles. The molecule has 2 heterocycles. The highest BCUT2D eigenvalue weighted by molar-refractivity contribution is 5.73. The minimum atomic E-state index is -0.322. The molecule has 0 N–H and O–H groups in total. The molecule has 2 fully saturated rings. The zero-order valence-corrected chi connectivity index (χ0v) is 10.5. The topological polar surface area (TPSA) is 49.9 Å². The van der Waals surface area contributed by atoms with Crippen LogP contribution >= 0.6 is 0 Å². The van der Waals surface area contributed by atoms with Gasteiger partial charge in [0.1, 0.15) is 12.4 Å². The number of nitrogens with zero attached hydrogens (tertiary/aromatic N) is 2. The normalized spacial score (nSPS) is 29.3. The number of likely N-dealkylation sites (tertiary alicyclic amines) is 1. The molecular weight excluding hydrogens is 220 g/mol. The maximum absolute atomic E-state index is 11.3. The maximum Gasteiger partial charge on any atom is 0.219 e. The van der Waals surface area contributed by atoms with E-state index in [1.165, 1.54) is 0 Å². The van der Waals surface area contributed by atoms with E-state index >= 15 is 0 Å². The van der Waals surface area contributed by atoms with Crippen LogP contribution in [0.1, 0.15) is 19.8 Å². The molecule has 0 aliphatic carbocycles. The molecule has 2 saturated heterocycles. The smallest absolute Gasteiger partial charge is 0.219 e. The second-order valence-electron chi connectivity index (χ2n) is 5.18. The molecule has 0 aromatic rings. The van der Waals surface area contributed by atoms with Gasteiger partial charge >= 0.3 is 0 Å². The summed E-state index contributed by atoms with van der Waals surface area (Å²) in [6.07, 6.45) is 2.20. The number of carbonyl (C=O) groups is 2. The first-order valence-electron chi connectivity index (χ1n) is 6.12. The van der Waals surface area contributed by atoms with Gasteiger partial charge in [0.25, 0.3) is 0 Å². The van der Waals surface area contributed by atoms with E-state index in [-0.39, 0.29) is 17.6 Å². The fourth-order valence-corrected chi connectivity index (χ4v) is 2.84. The summed E-state index contributed by atoms with van der Waals surface area (Å²) in [4.78, 5) is 26.2. The number of amides is 1. The van der Waals surface area contributed by atoms with Crippen molar-refractivity contribution in [3.63, 3.8) is 0 Å². The number of piperidine rings is 1. The first kappa shape index (κ1) is 12.5. The van der Waals surface area contributed by atoms with Gasteiger partial charge in [-0.1, -0.05) is 0 Å². The van der Waals surface area contributed by atoms with Crippen LogP contribution in [0.2, 0.25) is 0 Å². The lowest BCUT2D eigenvalue weighted by Gasteiger charge is -2.48. The predicted molar refractivity (Wildman–Crippen MR) is 62.7 cm³/mol. The van der Waals surface area contributed by atoms with Crippen molar-refractivity contribution in [1.82, 2.24) is 9.80 Å². The van der Waals surface area contributed by atoms with Crippen molar-refractivity contribution < 1.29 is 14.3 Å². The molecule has 2 aliphatic rings. The van der Waals surface area contributed by atoms with Crippen molar-refractivity contribution in [2.24, 2.45) is 0 Å². The van der Waals surface area contributed by atoms with Crippen LogP contribution in [-0.2, 0) is 14.3 Å². The molecule has 17 heavy (non-hydrogen) atoms. The van der Waals surface area contributed by atoms with Crippen LogP contribution < -0.4 is 0 Å². The standard InChI is InChI=1S/C12H20N2O3/c1-10(16)14-5-3-12(4-6-14)9-13(2)7-11(8-15)17-12/h8,11H,3-7,9H2,1-2H3. The summed E-state index contributed by atoms with van der Waals surface area (Å²) in [6, 6.07) is 0. The van der Waals surface area contributed by atoms with Gasteiger partial charge in [0.15, 0.2) is 0 Å². The lowest BCUT2D eigenvalue weighted by atomic mass is 9.88. The van der Waals surface area contributed by atoms with Crippen LogP contribution in [0.4, 0.5) is 0 Å². The van der Waals surface area contributed by atoms with E-state index in [0.717, 1.165) is 38.8 Å². The first-order chi connectivity index (χ1) is 8.04. The Morgan fingerprint density at radius 2 is 2.06 bits per heavy atom.